The van der Waals surface area contributed by atoms with Crippen LogP contribution < -0.4 is 0 Å². The molecule has 0 radical (unpaired) electrons. The molecule has 0 aliphatic rings. The molecule has 0 saturated heterocycles. The topological polar surface area (TPSA) is 69.4 Å². The van der Waals surface area contributed by atoms with Gasteiger partial charge in [0.05, 0.1) is 5.56 Å². The van der Waals surface area contributed by atoms with Gasteiger partial charge in [-0.3, -0.25) is 4.79 Å². The summed E-state index contributed by atoms with van der Waals surface area (Å²) < 4.78 is 10.4. The van der Waals surface area contributed by atoms with E-state index < -0.39 is 18.4 Å². The molecule has 0 aliphatic heterocycles. The predicted molar refractivity (Wildman–Crippen MR) is 80.1 cm³/mol. The van der Waals surface area contributed by atoms with Crippen LogP contribution in [0.4, 0.5) is 0 Å². The number of Topliss-reactive ketones (excluding diaryl/α,β-unsaturated/α-hetero) is 1. The first-order valence-corrected chi connectivity index (χ1v) is 6.82. The molecule has 0 amide bonds. The SMILES string of the molecule is O=C(COC(=O)c1cccnc1Cl)c1cc2ccccc2o1. The lowest BCUT2D eigenvalue weighted by molar-refractivity contribution is 0.0468. The second kappa shape index (κ2) is 5.99. The fourth-order valence-electron chi connectivity index (χ4n) is 1.94. The normalized spacial score (nSPS) is 10.6. The van der Waals surface area contributed by atoms with Crippen LogP contribution in [0.15, 0.2) is 53.1 Å². The second-order valence-corrected chi connectivity index (χ2v) is 4.85. The molecule has 2 heterocycles. The third-order valence-electron chi connectivity index (χ3n) is 3.01. The third-order valence-corrected chi connectivity index (χ3v) is 3.31. The summed E-state index contributed by atoms with van der Waals surface area (Å²) in [6.45, 7) is -0.427. The number of carbonyl (C=O) groups is 2. The molecule has 3 rings (SSSR count). The van der Waals surface area contributed by atoms with Gasteiger partial charge in [0.2, 0.25) is 5.78 Å². The van der Waals surface area contributed by atoms with Gasteiger partial charge in [-0.25, -0.2) is 9.78 Å². The Kier molecular flexibility index (Phi) is 3.89. The first-order valence-electron chi connectivity index (χ1n) is 6.44. The van der Waals surface area contributed by atoms with Crippen LogP contribution in [0.1, 0.15) is 20.9 Å². The molecule has 6 heteroatoms. The average Bonchev–Trinajstić information content (AvgIpc) is 2.97. The first-order chi connectivity index (χ1) is 10.6. The van der Waals surface area contributed by atoms with Gasteiger partial charge >= 0.3 is 5.97 Å². The van der Waals surface area contributed by atoms with Crippen LogP contribution >= 0.6 is 11.6 Å². The summed E-state index contributed by atoms with van der Waals surface area (Å²) in [5, 5.41) is 0.844. The Labute approximate surface area is 130 Å². The molecule has 22 heavy (non-hydrogen) atoms. The van der Waals surface area contributed by atoms with E-state index in [2.05, 4.69) is 4.98 Å². The Balaban J connectivity index is 1.69. The van der Waals surface area contributed by atoms with E-state index in [0.29, 0.717) is 5.58 Å². The predicted octanol–water partition coefficient (Wildman–Crippen LogP) is 3.52. The molecule has 0 aliphatic carbocycles. The third kappa shape index (κ3) is 2.84. The largest absolute Gasteiger partial charge is 0.453 e. The van der Waals surface area contributed by atoms with Crippen LogP contribution in [0.2, 0.25) is 5.15 Å². The molecule has 0 unspecified atom stereocenters. The van der Waals surface area contributed by atoms with Gasteiger partial charge in [-0.1, -0.05) is 29.8 Å². The smallest absolute Gasteiger partial charge is 0.341 e. The summed E-state index contributed by atoms with van der Waals surface area (Å²) in [5.41, 5.74) is 0.717. The fraction of sp³-hybridized carbons (Fsp3) is 0.0625. The van der Waals surface area contributed by atoms with Crippen molar-refractivity contribution in [3.63, 3.8) is 0 Å². The highest BCUT2D eigenvalue weighted by Gasteiger charge is 2.17. The zero-order valence-electron chi connectivity index (χ0n) is 11.3. The lowest BCUT2D eigenvalue weighted by atomic mass is 10.2. The summed E-state index contributed by atoms with van der Waals surface area (Å²) in [6.07, 6.45) is 1.46. The number of para-hydroxylation sites is 1. The van der Waals surface area contributed by atoms with E-state index in [0.717, 1.165) is 5.39 Å². The fourth-order valence-corrected chi connectivity index (χ4v) is 2.13. The molecule has 0 N–H and O–H groups in total. The molecule has 1 aromatic carbocycles. The number of ether oxygens (including phenoxy) is 1. The lowest BCUT2D eigenvalue weighted by Gasteiger charge is -2.03. The summed E-state index contributed by atoms with van der Waals surface area (Å²) in [6, 6.07) is 11.9. The molecule has 2 aromatic heterocycles. The Morgan fingerprint density at radius 1 is 1.18 bits per heavy atom. The van der Waals surface area contributed by atoms with Crippen LogP contribution in [-0.4, -0.2) is 23.3 Å². The van der Waals surface area contributed by atoms with E-state index in [1.807, 2.05) is 18.2 Å². The van der Waals surface area contributed by atoms with Gasteiger partial charge in [0, 0.05) is 11.6 Å². The molecule has 3 aromatic rings. The van der Waals surface area contributed by atoms with Crippen LogP contribution in [-0.2, 0) is 4.74 Å². The van der Waals surface area contributed by atoms with Crippen LogP contribution in [0.5, 0.6) is 0 Å². The number of benzene rings is 1. The van der Waals surface area contributed by atoms with Crippen molar-refractivity contribution < 1.29 is 18.7 Å². The van der Waals surface area contributed by atoms with Crippen LogP contribution in [0.25, 0.3) is 11.0 Å². The highest BCUT2D eigenvalue weighted by molar-refractivity contribution is 6.32. The van der Waals surface area contributed by atoms with E-state index >= 15 is 0 Å². The Morgan fingerprint density at radius 2 is 2.00 bits per heavy atom. The minimum Gasteiger partial charge on any atom is -0.453 e. The van der Waals surface area contributed by atoms with Crippen LogP contribution in [0, 0.1) is 0 Å². The summed E-state index contributed by atoms with van der Waals surface area (Å²) in [4.78, 5) is 27.6. The van der Waals surface area contributed by atoms with E-state index in [1.165, 1.54) is 12.3 Å². The van der Waals surface area contributed by atoms with Gasteiger partial charge in [0.1, 0.15) is 10.7 Å². The van der Waals surface area contributed by atoms with Crippen LogP contribution in [0.3, 0.4) is 0 Å². The number of furan rings is 1. The van der Waals surface area contributed by atoms with Gasteiger partial charge in [-0.15, -0.1) is 0 Å². The summed E-state index contributed by atoms with van der Waals surface area (Å²) in [5.74, 6) is -0.988. The zero-order chi connectivity index (χ0) is 15.5. The number of rotatable bonds is 4. The molecule has 0 atom stereocenters. The second-order valence-electron chi connectivity index (χ2n) is 4.49. The monoisotopic (exact) mass is 315 g/mol. The molecular weight excluding hydrogens is 306 g/mol. The number of carbonyl (C=O) groups excluding carboxylic acids is 2. The molecule has 0 bridgehead atoms. The quantitative estimate of drug-likeness (QED) is 0.418. The molecule has 0 saturated carbocycles. The standard InChI is InChI=1S/C16H10ClNO4/c17-15-11(5-3-7-18-15)16(20)21-9-12(19)14-8-10-4-1-2-6-13(10)22-14/h1-8H,9H2. The molecular formula is C16H10ClNO4. The zero-order valence-corrected chi connectivity index (χ0v) is 12.0. The molecule has 0 spiro atoms. The molecule has 5 nitrogen and oxygen atoms in total. The number of hydrogen-bond donors (Lipinski definition) is 0. The number of nitrogens with zero attached hydrogens (tertiary/aromatic N) is 1. The Hall–Kier alpha value is -2.66. The van der Waals surface area contributed by atoms with E-state index in [1.54, 1.807) is 18.2 Å². The van der Waals surface area contributed by atoms with Gasteiger partial charge in [-0.05, 0) is 24.3 Å². The minimum atomic E-state index is -0.706. The van der Waals surface area contributed by atoms with E-state index in [-0.39, 0.29) is 16.5 Å². The summed E-state index contributed by atoms with van der Waals surface area (Å²) >= 11 is 5.79. The summed E-state index contributed by atoms with van der Waals surface area (Å²) in [7, 11) is 0. The van der Waals surface area contributed by atoms with E-state index in [4.69, 9.17) is 20.8 Å². The highest BCUT2D eigenvalue weighted by atomic mass is 35.5. The molecule has 0 fully saturated rings. The first kappa shape index (κ1) is 14.3. The van der Waals surface area contributed by atoms with Gasteiger partial charge < -0.3 is 9.15 Å². The van der Waals surface area contributed by atoms with E-state index in [9.17, 15) is 9.59 Å². The maximum absolute atomic E-state index is 12.0. The van der Waals surface area contributed by atoms with Crippen molar-refractivity contribution in [1.82, 2.24) is 4.98 Å². The van der Waals surface area contributed by atoms with Crippen molar-refractivity contribution in [2.45, 2.75) is 0 Å². The maximum Gasteiger partial charge on any atom is 0.341 e. The molecule has 110 valence electrons. The van der Waals surface area contributed by atoms with Gasteiger partial charge in [0.25, 0.3) is 0 Å². The Bertz CT molecular complexity index is 823. The average molecular weight is 316 g/mol. The van der Waals surface area contributed by atoms with Crippen molar-refractivity contribution in [1.29, 1.82) is 0 Å². The number of esters is 1. The Morgan fingerprint density at radius 3 is 2.77 bits per heavy atom. The lowest BCUT2D eigenvalue weighted by Crippen LogP contribution is -2.14. The van der Waals surface area contributed by atoms with Gasteiger partial charge in [0.15, 0.2) is 12.4 Å². The number of halogens is 1. The van der Waals surface area contributed by atoms with Crippen molar-refractivity contribution >= 4 is 34.3 Å². The number of aromatic nitrogens is 1. The van der Waals surface area contributed by atoms with Crippen molar-refractivity contribution in [2.24, 2.45) is 0 Å². The van der Waals surface area contributed by atoms with Crippen molar-refractivity contribution in [3.8, 4) is 0 Å². The number of pyridine rings is 1. The minimum absolute atomic E-state index is 0.0312. The number of hydrogen-bond acceptors (Lipinski definition) is 5. The maximum atomic E-state index is 12.0. The van der Waals surface area contributed by atoms with Crippen molar-refractivity contribution in [2.75, 3.05) is 6.61 Å². The number of ketones is 1. The highest BCUT2D eigenvalue weighted by Crippen LogP contribution is 2.19. The number of fused-ring (bicyclic) bond motifs is 1. The van der Waals surface area contributed by atoms with Gasteiger partial charge in [-0.2, -0.15) is 0 Å². The van der Waals surface area contributed by atoms with Crippen molar-refractivity contribution in [3.05, 3.63) is 65.1 Å².